The lowest BCUT2D eigenvalue weighted by atomic mass is 10.1. The molecule has 0 radical (unpaired) electrons. The molecule has 1 aliphatic heterocycles. The molecule has 0 saturated heterocycles. The van der Waals surface area contributed by atoms with Crippen molar-refractivity contribution in [2.45, 2.75) is 15.8 Å². The fraction of sp³-hybridized carbons (Fsp3) is 0.111. The molecule has 0 saturated carbocycles. The number of aromatic nitrogens is 2. The molecule has 0 atom stereocenters. The largest absolute Gasteiger partial charge is 0.269 e. The van der Waals surface area contributed by atoms with E-state index in [-0.39, 0.29) is 4.90 Å². The molecule has 0 bridgehead atoms. The quantitative estimate of drug-likeness (QED) is 0.431. The van der Waals surface area contributed by atoms with E-state index in [9.17, 15) is 8.42 Å². The van der Waals surface area contributed by atoms with Crippen LogP contribution in [0, 0.1) is 0 Å². The Balaban J connectivity index is 1.76. The van der Waals surface area contributed by atoms with Crippen LogP contribution in [0.15, 0.2) is 58.7 Å². The average molecular weight is 438 g/mol. The van der Waals surface area contributed by atoms with Crippen LogP contribution in [0.2, 0.25) is 10.0 Å². The summed E-state index contributed by atoms with van der Waals surface area (Å²) in [7, 11) is -2.23. The van der Waals surface area contributed by atoms with Crippen LogP contribution >= 0.6 is 35.0 Å². The second kappa shape index (κ2) is 6.98. The lowest BCUT2D eigenvalue weighted by molar-refractivity contribution is 0.592. The van der Waals surface area contributed by atoms with Gasteiger partial charge in [0.05, 0.1) is 17.6 Å². The number of hydrogen-bond donors (Lipinski definition) is 0. The van der Waals surface area contributed by atoms with Crippen molar-refractivity contribution in [1.29, 1.82) is 0 Å². The molecule has 1 aromatic heterocycles. The number of fused-ring (bicyclic) bond motifs is 3. The van der Waals surface area contributed by atoms with Crippen LogP contribution in [0.3, 0.4) is 0 Å². The molecule has 2 aromatic carbocycles. The summed E-state index contributed by atoms with van der Waals surface area (Å²) in [6, 6.07) is 12.7. The Labute approximate surface area is 171 Å². The molecule has 27 heavy (non-hydrogen) atoms. The minimum Gasteiger partial charge on any atom is -0.269 e. The van der Waals surface area contributed by atoms with E-state index in [0.717, 1.165) is 5.56 Å². The first-order chi connectivity index (χ1) is 12.9. The third-order valence-corrected chi connectivity index (χ3v) is 7.53. The normalized spacial score (nSPS) is 14.6. The second-order valence-corrected chi connectivity index (χ2v) is 9.60. The standard InChI is InChI=1S/C18H13Cl2N3O2S2/c1-23-15-8-12(19)6-7-13(15)17-16(27(23,24)25)9-21-18(22-17)26-10-11-4-2-3-5-14(11)20/h2-9H,10H2,1H3. The first-order valence-corrected chi connectivity index (χ1v) is 11.1. The topological polar surface area (TPSA) is 63.2 Å². The Morgan fingerprint density at radius 2 is 1.93 bits per heavy atom. The predicted molar refractivity (Wildman–Crippen MR) is 109 cm³/mol. The Kier molecular flexibility index (Phi) is 4.80. The fourth-order valence-electron chi connectivity index (χ4n) is 2.81. The number of benzene rings is 2. The van der Waals surface area contributed by atoms with Crippen molar-refractivity contribution < 1.29 is 8.42 Å². The van der Waals surface area contributed by atoms with E-state index in [1.807, 2.05) is 24.3 Å². The zero-order valence-electron chi connectivity index (χ0n) is 14.1. The van der Waals surface area contributed by atoms with Gasteiger partial charge < -0.3 is 0 Å². The highest BCUT2D eigenvalue weighted by Gasteiger charge is 2.34. The third kappa shape index (κ3) is 3.29. The molecule has 5 nitrogen and oxygen atoms in total. The van der Waals surface area contributed by atoms with Crippen molar-refractivity contribution in [3.8, 4) is 11.3 Å². The van der Waals surface area contributed by atoms with Crippen LogP contribution in [0.4, 0.5) is 5.69 Å². The van der Waals surface area contributed by atoms with E-state index in [0.29, 0.717) is 37.9 Å². The highest BCUT2D eigenvalue weighted by molar-refractivity contribution is 7.98. The van der Waals surface area contributed by atoms with Gasteiger partial charge in [-0.2, -0.15) is 0 Å². The molecule has 0 spiro atoms. The first kappa shape index (κ1) is 18.6. The molecule has 9 heteroatoms. The molecule has 0 amide bonds. The van der Waals surface area contributed by atoms with Crippen molar-refractivity contribution in [1.82, 2.24) is 9.97 Å². The summed E-state index contributed by atoms with van der Waals surface area (Å²) in [5.41, 5.74) is 2.55. The van der Waals surface area contributed by atoms with Crippen LogP contribution < -0.4 is 4.31 Å². The zero-order valence-corrected chi connectivity index (χ0v) is 17.2. The van der Waals surface area contributed by atoms with Gasteiger partial charge in [0.2, 0.25) is 0 Å². The van der Waals surface area contributed by atoms with Gasteiger partial charge in [-0.15, -0.1) is 0 Å². The van der Waals surface area contributed by atoms with E-state index in [2.05, 4.69) is 9.97 Å². The highest BCUT2D eigenvalue weighted by Crippen LogP contribution is 2.42. The molecule has 3 aromatic rings. The second-order valence-electron chi connectivity index (χ2n) is 5.88. The molecule has 2 heterocycles. The summed E-state index contributed by atoms with van der Waals surface area (Å²) >= 11 is 13.6. The summed E-state index contributed by atoms with van der Waals surface area (Å²) in [5.74, 6) is 0.582. The highest BCUT2D eigenvalue weighted by atomic mass is 35.5. The molecule has 138 valence electrons. The summed E-state index contributed by atoms with van der Waals surface area (Å²) in [4.78, 5) is 8.84. The molecule has 0 N–H and O–H groups in total. The van der Waals surface area contributed by atoms with Crippen molar-refractivity contribution in [2.75, 3.05) is 11.4 Å². The minimum atomic E-state index is -3.72. The van der Waals surface area contributed by atoms with Crippen LogP contribution in [-0.2, 0) is 15.8 Å². The van der Waals surface area contributed by atoms with Gasteiger partial charge in [-0.3, -0.25) is 4.31 Å². The maximum absolute atomic E-state index is 12.8. The SMILES string of the molecule is CN1c2cc(Cl)ccc2-c2nc(SCc3ccccc3Cl)ncc2S1(=O)=O. The van der Waals surface area contributed by atoms with E-state index < -0.39 is 10.0 Å². The zero-order chi connectivity index (χ0) is 19.2. The molecule has 4 rings (SSSR count). The van der Waals surface area contributed by atoms with Crippen LogP contribution in [0.1, 0.15) is 5.56 Å². The molecule has 1 aliphatic rings. The van der Waals surface area contributed by atoms with Gasteiger partial charge in [0.1, 0.15) is 4.90 Å². The number of anilines is 1. The predicted octanol–water partition coefficient (Wildman–Crippen LogP) is 4.88. The fourth-order valence-corrected chi connectivity index (χ4v) is 5.36. The number of rotatable bonds is 3. The molecular weight excluding hydrogens is 425 g/mol. The maximum atomic E-state index is 12.8. The lowest BCUT2D eigenvalue weighted by Gasteiger charge is -2.28. The summed E-state index contributed by atoms with van der Waals surface area (Å²) < 4.78 is 26.8. The van der Waals surface area contributed by atoms with Crippen molar-refractivity contribution in [3.63, 3.8) is 0 Å². The third-order valence-electron chi connectivity index (χ3n) is 4.24. The van der Waals surface area contributed by atoms with Gasteiger partial charge in [0, 0.05) is 28.4 Å². The van der Waals surface area contributed by atoms with Crippen LogP contribution in [-0.4, -0.2) is 25.4 Å². The van der Waals surface area contributed by atoms with Crippen molar-refractivity contribution >= 4 is 50.7 Å². The number of thioether (sulfide) groups is 1. The Hall–Kier alpha value is -1.80. The van der Waals surface area contributed by atoms with Gasteiger partial charge in [0.15, 0.2) is 5.16 Å². The van der Waals surface area contributed by atoms with Gasteiger partial charge in [0.25, 0.3) is 10.0 Å². The molecule has 0 fully saturated rings. The van der Waals surface area contributed by atoms with E-state index in [4.69, 9.17) is 23.2 Å². The Bertz CT molecular complexity index is 1150. The molecule has 0 aliphatic carbocycles. The maximum Gasteiger partial charge on any atom is 0.267 e. The van der Waals surface area contributed by atoms with Gasteiger partial charge in [-0.05, 0) is 29.8 Å². The number of sulfonamides is 1. The average Bonchev–Trinajstić information content (AvgIpc) is 2.65. The summed E-state index contributed by atoms with van der Waals surface area (Å²) in [6.45, 7) is 0. The Morgan fingerprint density at radius 1 is 1.15 bits per heavy atom. The monoisotopic (exact) mass is 437 g/mol. The molecular formula is C18H13Cl2N3O2S2. The van der Waals surface area contributed by atoms with E-state index in [1.54, 1.807) is 18.2 Å². The minimum absolute atomic E-state index is 0.0851. The van der Waals surface area contributed by atoms with Crippen LogP contribution in [0.5, 0.6) is 0 Å². The van der Waals surface area contributed by atoms with Gasteiger partial charge >= 0.3 is 0 Å². The van der Waals surface area contributed by atoms with E-state index >= 15 is 0 Å². The van der Waals surface area contributed by atoms with Crippen molar-refractivity contribution in [2.24, 2.45) is 0 Å². The van der Waals surface area contributed by atoms with Crippen molar-refractivity contribution in [3.05, 3.63) is 64.3 Å². The van der Waals surface area contributed by atoms with Crippen LogP contribution in [0.25, 0.3) is 11.3 Å². The smallest absolute Gasteiger partial charge is 0.267 e. The first-order valence-electron chi connectivity index (χ1n) is 7.90. The molecule has 0 unspecified atom stereocenters. The van der Waals surface area contributed by atoms with Gasteiger partial charge in [-0.1, -0.05) is 53.2 Å². The number of nitrogens with zero attached hydrogens (tertiary/aromatic N) is 3. The summed E-state index contributed by atoms with van der Waals surface area (Å²) in [5, 5.41) is 1.61. The number of hydrogen-bond acceptors (Lipinski definition) is 5. The summed E-state index contributed by atoms with van der Waals surface area (Å²) in [6.07, 6.45) is 1.36. The number of halogens is 2. The van der Waals surface area contributed by atoms with E-state index in [1.165, 1.54) is 29.3 Å². The lowest BCUT2D eigenvalue weighted by Crippen LogP contribution is -2.31. The van der Waals surface area contributed by atoms with Gasteiger partial charge in [-0.25, -0.2) is 18.4 Å². The Morgan fingerprint density at radius 3 is 2.70 bits per heavy atom.